The molecule has 10 heteroatoms. The minimum atomic E-state index is -3.80. The second kappa shape index (κ2) is 9.56. The van der Waals surface area contributed by atoms with Gasteiger partial charge < -0.3 is 19.5 Å². The lowest BCUT2D eigenvalue weighted by Crippen LogP contribution is -2.36. The van der Waals surface area contributed by atoms with E-state index in [4.69, 9.17) is 4.42 Å². The van der Waals surface area contributed by atoms with Gasteiger partial charge in [-0.1, -0.05) is 13.0 Å². The van der Waals surface area contributed by atoms with Gasteiger partial charge in [-0.2, -0.15) is 0 Å². The number of hydrogen-bond acceptors (Lipinski definition) is 7. The fraction of sp³-hybridized carbons (Fsp3) is 0.333. The number of aliphatic hydroxyl groups is 2. The minimum absolute atomic E-state index is 0.0111. The van der Waals surface area contributed by atoms with Gasteiger partial charge in [-0.15, -0.1) is 0 Å². The van der Waals surface area contributed by atoms with E-state index >= 15 is 0 Å². The normalized spacial score (nSPS) is 11.8. The molecular formula is C21H24N2O7S. The van der Waals surface area contributed by atoms with Crippen LogP contribution in [0.25, 0.3) is 21.9 Å². The van der Waals surface area contributed by atoms with Gasteiger partial charge in [-0.25, -0.2) is 13.1 Å². The van der Waals surface area contributed by atoms with E-state index in [1.165, 1.54) is 29.2 Å². The second-order valence-electron chi connectivity index (χ2n) is 6.91. The average Bonchev–Trinajstić information content (AvgIpc) is 2.76. The van der Waals surface area contributed by atoms with Crippen molar-refractivity contribution in [3.63, 3.8) is 0 Å². The molecule has 0 radical (unpaired) electrons. The fourth-order valence-electron chi connectivity index (χ4n) is 3.27. The van der Waals surface area contributed by atoms with Gasteiger partial charge in [-0.3, -0.25) is 9.59 Å². The van der Waals surface area contributed by atoms with Crippen molar-refractivity contribution in [2.75, 3.05) is 32.8 Å². The predicted molar refractivity (Wildman–Crippen MR) is 116 cm³/mol. The summed E-state index contributed by atoms with van der Waals surface area (Å²) in [5.74, 6) is -0.547. The summed E-state index contributed by atoms with van der Waals surface area (Å²) in [7, 11) is -3.80. The van der Waals surface area contributed by atoms with Gasteiger partial charge in [-0.05, 0) is 36.8 Å². The Hall–Kier alpha value is -2.79. The van der Waals surface area contributed by atoms with Crippen LogP contribution in [0.5, 0.6) is 0 Å². The number of amides is 1. The summed E-state index contributed by atoms with van der Waals surface area (Å²) in [5.41, 5.74) is -0.122. The van der Waals surface area contributed by atoms with Gasteiger partial charge in [0.1, 0.15) is 11.2 Å². The van der Waals surface area contributed by atoms with E-state index in [0.717, 1.165) is 0 Å². The number of nitrogens with zero attached hydrogens (tertiary/aromatic N) is 1. The Balaban J connectivity index is 2.21. The molecule has 0 spiro atoms. The third-order valence-electron chi connectivity index (χ3n) is 4.78. The zero-order valence-corrected chi connectivity index (χ0v) is 17.8. The SMILES string of the molecule is CCCNS(=O)(=O)c1ccc2oc3cccc(C(=O)N(CCO)CCO)c3c(=O)c2c1. The maximum absolute atomic E-state index is 13.3. The maximum atomic E-state index is 13.3. The summed E-state index contributed by atoms with van der Waals surface area (Å²) < 4.78 is 33.2. The van der Waals surface area contributed by atoms with E-state index in [2.05, 4.69) is 4.72 Å². The van der Waals surface area contributed by atoms with E-state index in [0.29, 0.717) is 6.42 Å². The Bertz CT molecular complexity index is 1260. The molecule has 0 bridgehead atoms. The number of hydrogen-bond donors (Lipinski definition) is 3. The Morgan fingerprint density at radius 1 is 1.10 bits per heavy atom. The largest absolute Gasteiger partial charge is 0.456 e. The first-order valence-electron chi connectivity index (χ1n) is 9.84. The molecule has 0 aliphatic rings. The molecule has 0 saturated heterocycles. The van der Waals surface area contributed by atoms with Crippen molar-refractivity contribution in [1.29, 1.82) is 0 Å². The zero-order valence-electron chi connectivity index (χ0n) is 17.0. The van der Waals surface area contributed by atoms with Crippen molar-refractivity contribution in [1.82, 2.24) is 9.62 Å². The molecule has 0 aliphatic heterocycles. The molecule has 0 aliphatic carbocycles. The summed E-state index contributed by atoms with van der Waals surface area (Å²) in [6.07, 6.45) is 0.614. The molecule has 3 aromatic rings. The van der Waals surface area contributed by atoms with Crippen LogP contribution in [0.1, 0.15) is 23.7 Å². The Morgan fingerprint density at radius 3 is 2.45 bits per heavy atom. The molecule has 1 heterocycles. The average molecular weight is 448 g/mol. The van der Waals surface area contributed by atoms with Crippen molar-refractivity contribution in [3.8, 4) is 0 Å². The van der Waals surface area contributed by atoms with E-state index in [1.54, 1.807) is 12.1 Å². The van der Waals surface area contributed by atoms with E-state index < -0.39 is 21.4 Å². The molecule has 2 aromatic carbocycles. The molecule has 1 amide bonds. The maximum Gasteiger partial charge on any atom is 0.254 e. The lowest BCUT2D eigenvalue weighted by Gasteiger charge is -2.21. The van der Waals surface area contributed by atoms with Gasteiger partial charge in [0, 0.05) is 19.6 Å². The van der Waals surface area contributed by atoms with Crippen molar-refractivity contribution < 1.29 is 27.8 Å². The molecule has 1 aromatic heterocycles. The highest BCUT2D eigenvalue weighted by molar-refractivity contribution is 7.89. The highest BCUT2D eigenvalue weighted by atomic mass is 32.2. The molecule has 0 fully saturated rings. The number of carbonyl (C=O) groups excluding carboxylic acids is 1. The first-order valence-corrected chi connectivity index (χ1v) is 11.3. The highest BCUT2D eigenvalue weighted by Crippen LogP contribution is 2.24. The number of fused-ring (bicyclic) bond motifs is 2. The number of carbonyl (C=O) groups is 1. The molecule has 3 N–H and O–H groups in total. The molecule has 166 valence electrons. The monoisotopic (exact) mass is 448 g/mol. The molecule has 0 atom stereocenters. The minimum Gasteiger partial charge on any atom is -0.456 e. The number of sulfonamides is 1. The van der Waals surface area contributed by atoms with Crippen LogP contribution in [0.2, 0.25) is 0 Å². The van der Waals surface area contributed by atoms with Crippen LogP contribution in [0.15, 0.2) is 50.5 Å². The first-order chi connectivity index (χ1) is 14.8. The van der Waals surface area contributed by atoms with Crippen molar-refractivity contribution >= 4 is 37.9 Å². The van der Waals surface area contributed by atoms with Crippen molar-refractivity contribution in [2.24, 2.45) is 0 Å². The Morgan fingerprint density at radius 2 is 1.81 bits per heavy atom. The second-order valence-corrected chi connectivity index (χ2v) is 8.67. The van der Waals surface area contributed by atoms with Crippen LogP contribution in [0.4, 0.5) is 0 Å². The molecule has 9 nitrogen and oxygen atoms in total. The number of benzene rings is 2. The third kappa shape index (κ3) is 4.62. The van der Waals surface area contributed by atoms with E-state index in [9.17, 15) is 28.2 Å². The topological polar surface area (TPSA) is 137 Å². The van der Waals surface area contributed by atoms with Crippen LogP contribution in [0.3, 0.4) is 0 Å². The van der Waals surface area contributed by atoms with Crippen LogP contribution in [-0.2, 0) is 10.0 Å². The van der Waals surface area contributed by atoms with Crippen LogP contribution in [0, 0.1) is 0 Å². The predicted octanol–water partition coefficient (Wildman–Crippen LogP) is 1.06. The molecule has 3 rings (SSSR count). The summed E-state index contributed by atoms with van der Waals surface area (Å²) in [6.45, 7) is 1.45. The molecule has 0 unspecified atom stereocenters. The van der Waals surface area contributed by atoms with Crippen LogP contribution < -0.4 is 10.2 Å². The fourth-order valence-corrected chi connectivity index (χ4v) is 4.43. The highest BCUT2D eigenvalue weighted by Gasteiger charge is 2.22. The lowest BCUT2D eigenvalue weighted by atomic mass is 10.1. The van der Waals surface area contributed by atoms with Crippen LogP contribution >= 0.6 is 0 Å². The smallest absolute Gasteiger partial charge is 0.254 e. The molecular weight excluding hydrogens is 424 g/mol. The number of aliphatic hydroxyl groups excluding tert-OH is 2. The summed E-state index contributed by atoms with van der Waals surface area (Å²) in [4.78, 5) is 27.4. The first kappa shape index (κ1) is 22.9. The summed E-state index contributed by atoms with van der Waals surface area (Å²) in [5, 5.41) is 18.5. The molecule has 31 heavy (non-hydrogen) atoms. The van der Waals surface area contributed by atoms with Gasteiger partial charge in [0.2, 0.25) is 15.5 Å². The number of nitrogens with one attached hydrogen (secondary N) is 1. The number of rotatable bonds is 9. The Kier molecular flexibility index (Phi) is 7.06. The van der Waals surface area contributed by atoms with E-state index in [1.807, 2.05) is 6.92 Å². The van der Waals surface area contributed by atoms with Crippen molar-refractivity contribution in [3.05, 3.63) is 52.2 Å². The summed E-state index contributed by atoms with van der Waals surface area (Å²) in [6, 6.07) is 8.57. The summed E-state index contributed by atoms with van der Waals surface area (Å²) >= 11 is 0. The van der Waals surface area contributed by atoms with Gasteiger partial charge in [0.05, 0.1) is 34.4 Å². The van der Waals surface area contributed by atoms with Gasteiger partial charge >= 0.3 is 0 Å². The van der Waals surface area contributed by atoms with Gasteiger partial charge in [0.25, 0.3) is 5.91 Å². The quantitative estimate of drug-likeness (QED) is 0.416. The standard InChI is InChI=1S/C21H24N2O7S/c1-2-8-22-31(28,29)14-6-7-17-16(13-14)20(26)19-15(4-3-5-18(19)30-17)21(27)23(9-11-24)10-12-25/h3-7,13,22,24-25H,2,8-12H2,1H3. The van der Waals surface area contributed by atoms with E-state index in [-0.39, 0.29) is 65.2 Å². The van der Waals surface area contributed by atoms with Gasteiger partial charge in [0.15, 0.2) is 0 Å². The van der Waals surface area contributed by atoms with Crippen LogP contribution in [-0.4, -0.2) is 62.3 Å². The Labute approximate surface area is 179 Å². The third-order valence-corrected chi connectivity index (χ3v) is 6.24. The van der Waals surface area contributed by atoms with Crippen molar-refractivity contribution in [2.45, 2.75) is 18.2 Å². The molecule has 0 saturated carbocycles. The zero-order chi connectivity index (χ0) is 22.6. The lowest BCUT2D eigenvalue weighted by molar-refractivity contribution is 0.0686.